The minimum Gasteiger partial charge on any atom is -0.496 e. The number of ether oxygens (including phenoxy) is 1. The highest BCUT2D eigenvalue weighted by Gasteiger charge is 2.13. The summed E-state index contributed by atoms with van der Waals surface area (Å²) in [6.07, 6.45) is 0. The summed E-state index contributed by atoms with van der Waals surface area (Å²) in [5.74, 6) is 1.03. The summed E-state index contributed by atoms with van der Waals surface area (Å²) in [4.78, 5) is 11.9. The summed E-state index contributed by atoms with van der Waals surface area (Å²) in [6.45, 7) is 2.50. The average Bonchev–Trinajstić information content (AvgIpc) is 2.35. The predicted molar refractivity (Wildman–Crippen MR) is 70.2 cm³/mol. The van der Waals surface area contributed by atoms with Gasteiger partial charge < -0.3 is 10.1 Å². The van der Waals surface area contributed by atoms with Crippen LogP contribution in [-0.4, -0.2) is 25.4 Å². The number of halogens is 2. The van der Waals surface area contributed by atoms with Crippen molar-refractivity contribution in [2.24, 2.45) is 5.92 Å². The normalized spacial score (nSPS) is 12.0. The zero-order valence-electron chi connectivity index (χ0n) is 9.80. The number of nitrogens with one attached hydrogen (secondary N) is 1. The SMILES string of the molecule is COc1cc(Cl)ccc1C(=O)NCC(C)CCl. The van der Waals surface area contributed by atoms with Gasteiger partial charge in [0.15, 0.2) is 0 Å². The molecule has 0 bridgehead atoms. The molecule has 0 aliphatic carbocycles. The standard InChI is InChI=1S/C12H15Cl2NO2/c1-8(6-13)7-15-12(16)10-4-3-9(14)5-11(10)17-2/h3-5,8H,6-7H2,1-2H3,(H,15,16). The molecule has 0 aliphatic heterocycles. The molecule has 94 valence electrons. The number of carbonyl (C=O) groups is 1. The van der Waals surface area contributed by atoms with E-state index in [1.54, 1.807) is 18.2 Å². The number of rotatable bonds is 5. The van der Waals surface area contributed by atoms with Crippen LogP contribution in [0.2, 0.25) is 5.02 Å². The number of carbonyl (C=O) groups excluding carboxylic acids is 1. The van der Waals surface area contributed by atoms with Crippen molar-refractivity contribution in [3.63, 3.8) is 0 Å². The number of hydrogen-bond donors (Lipinski definition) is 1. The Hall–Kier alpha value is -0.930. The lowest BCUT2D eigenvalue weighted by Crippen LogP contribution is -2.29. The fraction of sp³-hybridized carbons (Fsp3) is 0.417. The van der Waals surface area contributed by atoms with E-state index >= 15 is 0 Å². The van der Waals surface area contributed by atoms with Crippen molar-refractivity contribution >= 4 is 29.1 Å². The maximum absolute atomic E-state index is 11.9. The van der Waals surface area contributed by atoms with E-state index in [1.807, 2.05) is 6.92 Å². The van der Waals surface area contributed by atoms with Crippen LogP contribution in [0.3, 0.4) is 0 Å². The Bertz CT molecular complexity index is 396. The first-order valence-electron chi connectivity index (χ1n) is 5.26. The van der Waals surface area contributed by atoms with Gasteiger partial charge in [-0.3, -0.25) is 4.79 Å². The number of methoxy groups -OCH3 is 1. The van der Waals surface area contributed by atoms with Gasteiger partial charge in [-0.2, -0.15) is 0 Å². The lowest BCUT2D eigenvalue weighted by Gasteiger charge is -2.11. The van der Waals surface area contributed by atoms with E-state index in [0.29, 0.717) is 28.8 Å². The van der Waals surface area contributed by atoms with E-state index in [1.165, 1.54) is 7.11 Å². The zero-order chi connectivity index (χ0) is 12.8. The summed E-state index contributed by atoms with van der Waals surface area (Å²) in [6, 6.07) is 4.91. The second-order valence-electron chi connectivity index (χ2n) is 3.81. The Morgan fingerprint density at radius 3 is 2.82 bits per heavy atom. The Morgan fingerprint density at radius 2 is 2.24 bits per heavy atom. The summed E-state index contributed by atoms with van der Waals surface area (Å²) in [5.41, 5.74) is 0.471. The van der Waals surface area contributed by atoms with Gasteiger partial charge in [0.2, 0.25) is 0 Å². The van der Waals surface area contributed by atoms with Crippen molar-refractivity contribution in [2.75, 3.05) is 19.5 Å². The Labute approximate surface area is 111 Å². The van der Waals surface area contributed by atoms with Gasteiger partial charge in [-0.25, -0.2) is 0 Å². The van der Waals surface area contributed by atoms with Crippen molar-refractivity contribution in [1.29, 1.82) is 0 Å². The van der Waals surface area contributed by atoms with Crippen LogP contribution in [-0.2, 0) is 0 Å². The molecule has 1 N–H and O–H groups in total. The van der Waals surface area contributed by atoms with Crippen LogP contribution in [0.25, 0.3) is 0 Å². The van der Waals surface area contributed by atoms with Crippen molar-refractivity contribution in [3.05, 3.63) is 28.8 Å². The minimum absolute atomic E-state index is 0.185. The third-order valence-corrected chi connectivity index (χ3v) is 3.04. The van der Waals surface area contributed by atoms with Crippen LogP contribution in [0.5, 0.6) is 5.75 Å². The molecule has 1 aromatic rings. The van der Waals surface area contributed by atoms with Crippen LogP contribution in [0.4, 0.5) is 0 Å². The van der Waals surface area contributed by atoms with Gasteiger partial charge in [0.05, 0.1) is 12.7 Å². The molecular formula is C12H15Cl2NO2. The summed E-state index contributed by atoms with van der Waals surface area (Å²) in [5, 5.41) is 3.33. The first kappa shape index (κ1) is 14.1. The third-order valence-electron chi connectivity index (χ3n) is 2.28. The molecule has 0 spiro atoms. The molecule has 0 heterocycles. The van der Waals surface area contributed by atoms with Crippen LogP contribution < -0.4 is 10.1 Å². The predicted octanol–water partition coefficient (Wildman–Crippen LogP) is 2.95. The molecule has 3 nitrogen and oxygen atoms in total. The molecule has 0 aliphatic rings. The van der Waals surface area contributed by atoms with E-state index in [0.717, 1.165) is 0 Å². The van der Waals surface area contributed by atoms with Crippen molar-refractivity contribution in [3.8, 4) is 5.75 Å². The topological polar surface area (TPSA) is 38.3 Å². The van der Waals surface area contributed by atoms with Crippen molar-refractivity contribution < 1.29 is 9.53 Å². The molecule has 1 aromatic carbocycles. The average molecular weight is 276 g/mol. The van der Waals surface area contributed by atoms with Gasteiger partial charge in [-0.15, -0.1) is 11.6 Å². The molecule has 17 heavy (non-hydrogen) atoms. The molecule has 5 heteroatoms. The Kier molecular flexibility index (Phi) is 5.59. The van der Waals surface area contributed by atoms with Crippen LogP contribution >= 0.6 is 23.2 Å². The summed E-state index contributed by atoms with van der Waals surface area (Å²) < 4.78 is 5.11. The molecular weight excluding hydrogens is 261 g/mol. The molecule has 0 fully saturated rings. The molecule has 0 aromatic heterocycles. The van der Waals surface area contributed by atoms with E-state index < -0.39 is 0 Å². The quantitative estimate of drug-likeness (QED) is 0.840. The van der Waals surface area contributed by atoms with Gasteiger partial charge >= 0.3 is 0 Å². The lowest BCUT2D eigenvalue weighted by atomic mass is 10.1. The van der Waals surface area contributed by atoms with Crippen molar-refractivity contribution in [2.45, 2.75) is 6.92 Å². The lowest BCUT2D eigenvalue weighted by molar-refractivity contribution is 0.0946. The van der Waals surface area contributed by atoms with Crippen molar-refractivity contribution in [1.82, 2.24) is 5.32 Å². The minimum atomic E-state index is -0.185. The first-order valence-corrected chi connectivity index (χ1v) is 6.17. The van der Waals surface area contributed by atoms with Gasteiger partial charge in [0, 0.05) is 17.4 Å². The zero-order valence-corrected chi connectivity index (χ0v) is 11.3. The molecule has 0 saturated carbocycles. The number of amides is 1. The van der Waals surface area contributed by atoms with Gasteiger partial charge in [-0.05, 0) is 24.1 Å². The fourth-order valence-electron chi connectivity index (χ4n) is 1.27. The second kappa shape index (κ2) is 6.72. The van der Waals surface area contributed by atoms with Crippen LogP contribution in [0, 0.1) is 5.92 Å². The Balaban J connectivity index is 2.75. The number of alkyl halides is 1. The Morgan fingerprint density at radius 1 is 1.53 bits per heavy atom. The third kappa shape index (κ3) is 4.10. The highest BCUT2D eigenvalue weighted by atomic mass is 35.5. The molecule has 1 atom stereocenters. The number of hydrogen-bond acceptors (Lipinski definition) is 2. The number of benzene rings is 1. The molecule has 1 rings (SSSR count). The molecule has 0 radical (unpaired) electrons. The fourth-order valence-corrected chi connectivity index (χ4v) is 1.54. The maximum atomic E-state index is 11.9. The highest BCUT2D eigenvalue weighted by Crippen LogP contribution is 2.22. The highest BCUT2D eigenvalue weighted by molar-refractivity contribution is 6.30. The van der Waals surface area contributed by atoms with Crippen LogP contribution in [0.1, 0.15) is 17.3 Å². The van der Waals surface area contributed by atoms with E-state index in [-0.39, 0.29) is 11.8 Å². The van der Waals surface area contributed by atoms with Gasteiger partial charge in [0.1, 0.15) is 5.75 Å². The van der Waals surface area contributed by atoms with Gasteiger partial charge in [-0.1, -0.05) is 18.5 Å². The van der Waals surface area contributed by atoms with E-state index in [2.05, 4.69) is 5.32 Å². The van der Waals surface area contributed by atoms with Gasteiger partial charge in [0.25, 0.3) is 5.91 Å². The molecule has 1 amide bonds. The molecule has 1 unspecified atom stereocenters. The van der Waals surface area contributed by atoms with Crippen LogP contribution in [0.15, 0.2) is 18.2 Å². The molecule has 0 saturated heterocycles. The monoisotopic (exact) mass is 275 g/mol. The largest absolute Gasteiger partial charge is 0.496 e. The smallest absolute Gasteiger partial charge is 0.255 e. The summed E-state index contributed by atoms with van der Waals surface area (Å²) in [7, 11) is 1.50. The van der Waals surface area contributed by atoms with E-state index in [9.17, 15) is 4.79 Å². The maximum Gasteiger partial charge on any atom is 0.255 e. The first-order chi connectivity index (χ1) is 8.08. The second-order valence-corrected chi connectivity index (χ2v) is 4.56. The van der Waals surface area contributed by atoms with E-state index in [4.69, 9.17) is 27.9 Å². The summed E-state index contributed by atoms with van der Waals surface area (Å²) >= 11 is 11.5.